The van der Waals surface area contributed by atoms with Crippen molar-refractivity contribution in [2.75, 3.05) is 56.5 Å². The number of nitrogens with one attached hydrogen (secondary N) is 5. The van der Waals surface area contributed by atoms with E-state index >= 15 is 4.39 Å². The van der Waals surface area contributed by atoms with E-state index in [1.807, 2.05) is 6.92 Å². The van der Waals surface area contributed by atoms with Crippen LogP contribution in [0.3, 0.4) is 0 Å². The van der Waals surface area contributed by atoms with Crippen LogP contribution in [0.15, 0.2) is 65.7 Å². The summed E-state index contributed by atoms with van der Waals surface area (Å²) in [6.07, 6.45) is 12.9. The van der Waals surface area contributed by atoms with Crippen molar-refractivity contribution in [2.45, 2.75) is 107 Å². The number of carbonyl (C=O) groups excluding carboxylic acids is 1. The summed E-state index contributed by atoms with van der Waals surface area (Å²) in [5.74, 6) is -2.13. The molecule has 1 amide bonds. The molecule has 70 heavy (non-hydrogen) atoms. The molecule has 0 radical (unpaired) electrons. The van der Waals surface area contributed by atoms with E-state index in [-0.39, 0.29) is 49.3 Å². The van der Waals surface area contributed by atoms with Gasteiger partial charge >= 0.3 is 0 Å². The number of hydroxylamine groups is 1. The van der Waals surface area contributed by atoms with Gasteiger partial charge in [-0.1, -0.05) is 50.6 Å². The molecule has 2 saturated heterocycles. The number of halogens is 2. The number of aromatic nitrogens is 2. The number of benzene rings is 3. The SMILES string of the molecule is CC(C)c1ccccc1[C@@H]1CCC[C@@H]1N1CC2(CCN(c3ccc(C(=O)NS(=O)(=O)c4cc([NH+](C)[O-])c(NC[C@H]5CC[C@](C)(O)CC5)c5c4=CCNC=5)c(Oc4cc5c(F)c[nH]c5nc4F)c3)CC2)C1. The summed E-state index contributed by atoms with van der Waals surface area (Å²) in [5, 5.41) is 30.6. The molecule has 4 fully saturated rings. The molecule has 0 bridgehead atoms. The number of likely N-dealkylation sites (tertiary alicyclic amines) is 1. The Balaban J connectivity index is 0.898. The molecule has 10 rings (SSSR count). The van der Waals surface area contributed by atoms with Gasteiger partial charge in [0, 0.05) is 86.0 Å². The van der Waals surface area contributed by atoms with Gasteiger partial charge in [0.15, 0.2) is 11.4 Å². The van der Waals surface area contributed by atoms with Gasteiger partial charge in [-0.3, -0.25) is 9.69 Å². The number of piperidine rings is 1. The fourth-order valence-electron chi connectivity index (χ4n) is 11.9. The van der Waals surface area contributed by atoms with Crippen molar-refractivity contribution >= 4 is 56.3 Å². The van der Waals surface area contributed by atoms with Crippen molar-refractivity contribution in [1.29, 1.82) is 0 Å². The first-order chi connectivity index (χ1) is 33.5. The number of H-pyrrole nitrogens is 1. The maximum absolute atomic E-state index is 15.6. The minimum Gasteiger partial charge on any atom is -0.629 e. The van der Waals surface area contributed by atoms with Gasteiger partial charge in [-0.15, -0.1) is 0 Å². The minimum atomic E-state index is -4.67. The molecule has 3 atom stereocenters. The summed E-state index contributed by atoms with van der Waals surface area (Å²) in [5.41, 5.74) is 3.52. The monoisotopic (exact) mass is 978 g/mol. The first kappa shape index (κ1) is 48.1. The number of amides is 1. The predicted molar refractivity (Wildman–Crippen MR) is 267 cm³/mol. The number of hydrogen-bond donors (Lipinski definition) is 6. The molecule has 3 aromatic carbocycles. The van der Waals surface area contributed by atoms with E-state index in [1.54, 1.807) is 24.4 Å². The minimum absolute atomic E-state index is 0.0246. The number of nitrogens with zero attached hydrogens (tertiary/aromatic N) is 3. The molecule has 3 aliphatic heterocycles. The van der Waals surface area contributed by atoms with Gasteiger partial charge in [0.05, 0.1) is 23.6 Å². The Morgan fingerprint density at radius 1 is 1.01 bits per heavy atom. The Morgan fingerprint density at radius 3 is 2.51 bits per heavy atom. The zero-order valence-electron chi connectivity index (χ0n) is 40.3. The molecule has 17 heteroatoms. The summed E-state index contributed by atoms with van der Waals surface area (Å²) in [7, 11) is -3.31. The Hall–Kier alpha value is -5.59. The maximum Gasteiger partial charge on any atom is 0.268 e. The van der Waals surface area contributed by atoms with Crippen molar-refractivity contribution in [3.63, 3.8) is 0 Å². The summed E-state index contributed by atoms with van der Waals surface area (Å²) in [6, 6.07) is 16.7. The lowest BCUT2D eigenvalue weighted by atomic mass is 9.70. The average molecular weight is 979 g/mol. The number of aliphatic hydroxyl groups is 1. The average Bonchev–Trinajstić information content (AvgIpc) is 3.96. The van der Waals surface area contributed by atoms with Crippen LogP contribution in [0.4, 0.5) is 25.8 Å². The van der Waals surface area contributed by atoms with Gasteiger partial charge in [0.2, 0.25) is 0 Å². The molecule has 14 nitrogen and oxygen atoms in total. The van der Waals surface area contributed by atoms with Crippen LogP contribution in [0.2, 0.25) is 0 Å². The molecule has 1 spiro atoms. The van der Waals surface area contributed by atoms with E-state index in [0.717, 1.165) is 64.1 Å². The number of rotatable bonds is 13. The van der Waals surface area contributed by atoms with Gasteiger partial charge < -0.3 is 40.6 Å². The van der Waals surface area contributed by atoms with E-state index in [4.69, 9.17) is 4.74 Å². The molecule has 6 N–H and O–H groups in total. The van der Waals surface area contributed by atoms with Crippen LogP contribution in [0.25, 0.3) is 23.3 Å². The first-order valence-electron chi connectivity index (χ1n) is 24.9. The molecule has 2 aromatic heterocycles. The number of aromatic amines is 1. The lowest BCUT2D eigenvalue weighted by molar-refractivity contribution is -0.750. The quantitative estimate of drug-likeness (QED) is 0.0582. The van der Waals surface area contributed by atoms with Gasteiger partial charge in [-0.05, 0) is 111 Å². The topological polar surface area (TPSA) is 179 Å². The predicted octanol–water partition coefficient (Wildman–Crippen LogP) is 6.23. The number of sulfonamides is 1. The third kappa shape index (κ3) is 9.38. The second-order valence-corrected chi connectivity index (χ2v) is 22.7. The fourth-order valence-corrected chi connectivity index (χ4v) is 13.1. The van der Waals surface area contributed by atoms with Crippen molar-refractivity contribution in [2.24, 2.45) is 11.3 Å². The first-order valence-corrected chi connectivity index (χ1v) is 26.3. The van der Waals surface area contributed by atoms with Crippen LogP contribution in [0.5, 0.6) is 11.5 Å². The van der Waals surface area contributed by atoms with Crippen LogP contribution in [-0.4, -0.2) is 92.3 Å². The highest BCUT2D eigenvalue weighted by molar-refractivity contribution is 7.90. The lowest BCUT2D eigenvalue weighted by Crippen LogP contribution is -2.98. The second kappa shape index (κ2) is 18.9. The number of fused-ring (bicyclic) bond motifs is 2. The molecule has 5 heterocycles. The number of anilines is 2. The van der Waals surface area contributed by atoms with Crippen LogP contribution >= 0.6 is 0 Å². The molecule has 372 valence electrons. The molecular weight excluding hydrogens is 915 g/mol. The maximum atomic E-state index is 15.6. The molecule has 2 aliphatic carbocycles. The smallest absolute Gasteiger partial charge is 0.268 e. The van der Waals surface area contributed by atoms with Gasteiger partial charge in [0.1, 0.15) is 27.8 Å². The summed E-state index contributed by atoms with van der Waals surface area (Å²) in [4.78, 5) is 25.4. The van der Waals surface area contributed by atoms with Crippen LogP contribution in [0, 0.1) is 28.3 Å². The highest BCUT2D eigenvalue weighted by Crippen LogP contribution is 2.49. The van der Waals surface area contributed by atoms with Crippen LogP contribution < -0.4 is 40.5 Å². The summed E-state index contributed by atoms with van der Waals surface area (Å²) >= 11 is 0. The normalized spacial score (nSPS) is 23.8. The lowest BCUT2D eigenvalue weighted by Gasteiger charge is -2.57. The van der Waals surface area contributed by atoms with Crippen molar-refractivity contribution in [1.82, 2.24) is 24.9 Å². The number of quaternary nitrogens is 1. The van der Waals surface area contributed by atoms with Crippen LogP contribution in [0.1, 0.15) is 112 Å². The zero-order chi connectivity index (χ0) is 49.1. The van der Waals surface area contributed by atoms with Gasteiger partial charge in [-0.2, -0.15) is 9.37 Å². The molecule has 1 unspecified atom stereocenters. The Kier molecular flexibility index (Phi) is 13.0. The van der Waals surface area contributed by atoms with E-state index in [0.29, 0.717) is 65.6 Å². The number of hydrogen-bond acceptors (Lipinski definition) is 11. The zero-order valence-corrected chi connectivity index (χ0v) is 41.2. The highest BCUT2D eigenvalue weighted by Gasteiger charge is 2.49. The Bertz CT molecular complexity index is 3040. The molecule has 5 aromatic rings. The Labute approximate surface area is 407 Å². The summed E-state index contributed by atoms with van der Waals surface area (Å²) in [6.45, 7) is 10.8. The molecule has 5 aliphatic rings. The van der Waals surface area contributed by atoms with Crippen molar-refractivity contribution < 1.29 is 36.9 Å². The highest BCUT2D eigenvalue weighted by atomic mass is 32.2. The fraction of sp³-hybridized carbons (Fsp3) is 0.472. The van der Waals surface area contributed by atoms with E-state index in [1.165, 1.54) is 49.6 Å². The number of ether oxygens (including phenoxy) is 1. The second-order valence-electron chi connectivity index (χ2n) is 21.1. The third-order valence-corrected chi connectivity index (χ3v) is 17.3. The van der Waals surface area contributed by atoms with Gasteiger partial charge in [0.25, 0.3) is 21.9 Å². The molecule has 2 saturated carbocycles. The van der Waals surface area contributed by atoms with Crippen LogP contribution in [-0.2, 0) is 10.0 Å². The Morgan fingerprint density at radius 2 is 1.77 bits per heavy atom. The van der Waals surface area contributed by atoms with Crippen molar-refractivity contribution in [3.8, 4) is 11.5 Å². The standard InChI is InChI=1S/C53H64F2N8O6S/c1-32(2)35-8-5-6-9-36(35)37-10-7-11-43(37)63-30-53(31-63)19-22-62(23-20-53)34-12-13-39(45(24-34)69-46-25-40-42(54)29-58-50(40)59-49(46)55)51(64)60-70(67,68)47-26-44(61(4)66)48(41-28-56-21-16-38(41)47)57-27-33-14-17-52(3,65)18-15-33/h5-6,8-9,12-13,16,24-26,28-29,32-33,37,43,56-57,61,65H,7,10-11,14-15,17-23,27,30-31H2,1-4H3,(H,58,59)(H,60,64)/t33-,37-,43-,52-/m0/s1. The molecular formula is C53H64F2N8O6S. The summed E-state index contributed by atoms with van der Waals surface area (Å²) < 4.78 is 67.6. The van der Waals surface area contributed by atoms with Crippen molar-refractivity contribution in [3.05, 3.63) is 105 Å². The third-order valence-electron chi connectivity index (χ3n) is 15.9. The largest absolute Gasteiger partial charge is 0.629 e. The van der Waals surface area contributed by atoms with E-state index in [2.05, 4.69) is 73.2 Å². The van der Waals surface area contributed by atoms with E-state index < -0.39 is 39.0 Å². The van der Waals surface area contributed by atoms with Gasteiger partial charge in [-0.25, -0.2) is 17.5 Å². The van der Waals surface area contributed by atoms with E-state index in [9.17, 15) is 27.9 Å². The number of carbonyl (C=O) groups is 1. The number of pyridine rings is 1.